The van der Waals surface area contributed by atoms with E-state index in [1.807, 2.05) is 0 Å². The fourth-order valence-corrected chi connectivity index (χ4v) is 2.64. The van der Waals surface area contributed by atoms with Gasteiger partial charge >= 0.3 is 0 Å². The van der Waals surface area contributed by atoms with Gasteiger partial charge in [-0.15, -0.1) is 12.4 Å². The molecule has 7 nitrogen and oxygen atoms in total. The number of carbonyl (C=O) groups excluding carboxylic acids is 2. The van der Waals surface area contributed by atoms with Crippen LogP contribution in [0.3, 0.4) is 0 Å². The number of hydrogen-bond acceptors (Lipinski definition) is 5. The van der Waals surface area contributed by atoms with Gasteiger partial charge < -0.3 is 25.0 Å². The van der Waals surface area contributed by atoms with E-state index in [-0.39, 0.29) is 24.2 Å². The topological polar surface area (TPSA) is 79.9 Å². The highest BCUT2D eigenvalue weighted by molar-refractivity contribution is 5.98. The van der Waals surface area contributed by atoms with Gasteiger partial charge in [0.15, 0.2) is 0 Å². The highest BCUT2D eigenvalue weighted by atomic mass is 35.5. The van der Waals surface area contributed by atoms with E-state index in [9.17, 15) is 9.59 Å². The molecule has 2 saturated heterocycles. The lowest BCUT2D eigenvalue weighted by atomic mass is 10.1. The molecule has 24 heavy (non-hydrogen) atoms. The summed E-state index contributed by atoms with van der Waals surface area (Å²) in [6.45, 7) is 4.09. The van der Waals surface area contributed by atoms with Crippen LogP contribution >= 0.6 is 12.4 Å². The number of halogens is 1. The molecule has 2 aliphatic heterocycles. The molecule has 1 atom stereocenters. The second kappa shape index (κ2) is 8.98. The molecule has 2 heterocycles. The maximum Gasteiger partial charge on any atom is 0.254 e. The van der Waals surface area contributed by atoms with Gasteiger partial charge in [-0.05, 0) is 18.2 Å². The number of benzene rings is 1. The minimum Gasteiger partial charge on any atom is -0.378 e. The van der Waals surface area contributed by atoms with E-state index in [1.165, 1.54) is 0 Å². The molecule has 132 valence electrons. The van der Waals surface area contributed by atoms with Crippen molar-refractivity contribution < 1.29 is 19.1 Å². The molecular weight excluding hydrogens is 334 g/mol. The molecule has 2 aliphatic rings. The van der Waals surface area contributed by atoms with E-state index in [2.05, 4.69) is 10.6 Å². The predicted octanol–water partition coefficient (Wildman–Crippen LogP) is 0.508. The third kappa shape index (κ3) is 4.67. The normalized spacial score (nSPS) is 20.8. The predicted molar refractivity (Wildman–Crippen MR) is 91.7 cm³/mol. The fraction of sp³-hybridized carbons (Fsp3) is 0.500. The van der Waals surface area contributed by atoms with E-state index in [0.29, 0.717) is 50.7 Å². The number of amides is 2. The minimum atomic E-state index is -0.498. The van der Waals surface area contributed by atoms with Crippen molar-refractivity contribution in [2.75, 3.05) is 51.3 Å². The molecule has 8 heteroatoms. The van der Waals surface area contributed by atoms with Crippen molar-refractivity contribution in [3.05, 3.63) is 29.8 Å². The second-order valence-corrected chi connectivity index (χ2v) is 5.54. The molecule has 1 aromatic rings. The summed E-state index contributed by atoms with van der Waals surface area (Å²) in [6.07, 6.45) is -0.498. The second-order valence-electron chi connectivity index (χ2n) is 5.54. The Bertz CT molecular complexity index is 572. The number of morpholine rings is 2. The summed E-state index contributed by atoms with van der Waals surface area (Å²) in [4.78, 5) is 26.4. The monoisotopic (exact) mass is 355 g/mol. The molecule has 2 amide bonds. The number of nitrogens with one attached hydrogen (secondary N) is 2. The first-order valence-corrected chi connectivity index (χ1v) is 7.84. The summed E-state index contributed by atoms with van der Waals surface area (Å²) in [5, 5.41) is 5.93. The van der Waals surface area contributed by atoms with E-state index in [0.717, 1.165) is 6.54 Å². The lowest BCUT2D eigenvalue weighted by Gasteiger charge is -2.27. The third-order valence-corrected chi connectivity index (χ3v) is 3.90. The summed E-state index contributed by atoms with van der Waals surface area (Å²) in [6, 6.07) is 6.99. The first kappa shape index (κ1) is 18.7. The standard InChI is InChI=1S/C16H21N3O4.ClH/c20-15(14-11-17-4-7-23-14)18-13-3-1-2-12(10-13)16(21)19-5-8-22-9-6-19;/h1-3,10,14,17H,4-9,11H2,(H,18,20);1H. The maximum atomic E-state index is 12.5. The maximum absolute atomic E-state index is 12.5. The molecule has 0 aromatic heterocycles. The lowest BCUT2D eigenvalue weighted by molar-refractivity contribution is -0.128. The summed E-state index contributed by atoms with van der Waals surface area (Å²) >= 11 is 0. The van der Waals surface area contributed by atoms with Crippen molar-refractivity contribution in [1.29, 1.82) is 0 Å². The van der Waals surface area contributed by atoms with Gasteiger partial charge in [0.05, 0.1) is 19.8 Å². The van der Waals surface area contributed by atoms with Gasteiger partial charge in [0.25, 0.3) is 11.8 Å². The fourth-order valence-electron chi connectivity index (χ4n) is 2.64. The van der Waals surface area contributed by atoms with Crippen LogP contribution in [0.25, 0.3) is 0 Å². The molecule has 2 N–H and O–H groups in total. The molecule has 0 aliphatic carbocycles. The minimum absolute atomic E-state index is 0. The first-order valence-electron chi connectivity index (χ1n) is 7.84. The number of anilines is 1. The van der Waals surface area contributed by atoms with Crippen molar-refractivity contribution in [2.24, 2.45) is 0 Å². The smallest absolute Gasteiger partial charge is 0.254 e. The zero-order valence-corrected chi connectivity index (χ0v) is 14.1. The molecule has 1 unspecified atom stereocenters. The lowest BCUT2D eigenvalue weighted by Crippen LogP contribution is -2.45. The van der Waals surface area contributed by atoms with Gasteiger partial charge in [0.2, 0.25) is 0 Å². The van der Waals surface area contributed by atoms with Crippen molar-refractivity contribution in [3.8, 4) is 0 Å². The average molecular weight is 356 g/mol. The molecule has 1 aromatic carbocycles. The Morgan fingerprint density at radius 3 is 2.71 bits per heavy atom. The van der Waals surface area contributed by atoms with Gasteiger partial charge in [-0.2, -0.15) is 0 Å². The van der Waals surface area contributed by atoms with E-state index >= 15 is 0 Å². The van der Waals surface area contributed by atoms with Gasteiger partial charge in [0.1, 0.15) is 6.10 Å². The first-order chi connectivity index (χ1) is 11.2. The average Bonchev–Trinajstić information content (AvgIpc) is 2.63. The number of hydrogen-bond donors (Lipinski definition) is 2. The number of rotatable bonds is 3. The number of carbonyl (C=O) groups is 2. The molecule has 2 fully saturated rings. The number of nitrogens with zero attached hydrogens (tertiary/aromatic N) is 1. The van der Waals surface area contributed by atoms with E-state index < -0.39 is 6.10 Å². The van der Waals surface area contributed by atoms with Gasteiger partial charge in [-0.1, -0.05) is 6.07 Å². The zero-order valence-electron chi connectivity index (χ0n) is 13.3. The molecular formula is C16H22ClN3O4. The summed E-state index contributed by atoms with van der Waals surface area (Å²) in [5.74, 6) is -0.242. The van der Waals surface area contributed by atoms with Crippen molar-refractivity contribution in [2.45, 2.75) is 6.10 Å². The highest BCUT2D eigenvalue weighted by Gasteiger charge is 2.22. The largest absolute Gasteiger partial charge is 0.378 e. The summed E-state index contributed by atoms with van der Waals surface area (Å²) in [5.41, 5.74) is 1.16. The van der Waals surface area contributed by atoms with Gasteiger partial charge in [-0.3, -0.25) is 9.59 Å². The Kier molecular flexibility index (Phi) is 6.99. The van der Waals surface area contributed by atoms with Crippen LogP contribution in [0, 0.1) is 0 Å². The molecule has 0 radical (unpaired) electrons. The highest BCUT2D eigenvalue weighted by Crippen LogP contribution is 2.14. The Balaban J connectivity index is 0.00000208. The van der Waals surface area contributed by atoms with Crippen LogP contribution in [0.1, 0.15) is 10.4 Å². The molecule has 0 spiro atoms. The van der Waals surface area contributed by atoms with Crippen molar-refractivity contribution in [1.82, 2.24) is 10.2 Å². The van der Waals surface area contributed by atoms with Crippen LogP contribution in [0.15, 0.2) is 24.3 Å². The van der Waals surface area contributed by atoms with Crippen molar-refractivity contribution >= 4 is 29.9 Å². The Morgan fingerprint density at radius 1 is 1.21 bits per heavy atom. The van der Waals surface area contributed by atoms with Crippen LogP contribution < -0.4 is 10.6 Å². The van der Waals surface area contributed by atoms with Crippen LogP contribution in [-0.4, -0.2) is 68.8 Å². The Labute approximate surface area is 147 Å². The van der Waals surface area contributed by atoms with Crippen LogP contribution in [-0.2, 0) is 14.3 Å². The SMILES string of the molecule is Cl.O=C(Nc1cccc(C(=O)N2CCOCC2)c1)C1CNCCO1. The van der Waals surface area contributed by atoms with Crippen LogP contribution in [0.2, 0.25) is 0 Å². The van der Waals surface area contributed by atoms with E-state index in [4.69, 9.17) is 9.47 Å². The van der Waals surface area contributed by atoms with Crippen molar-refractivity contribution in [3.63, 3.8) is 0 Å². The molecule has 0 bridgehead atoms. The Morgan fingerprint density at radius 2 is 2.00 bits per heavy atom. The molecule has 0 saturated carbocycles. The van der Waals surface area contributed by atoms with Gasteiger partial charge in [-0.25, -0.2) is 0 Å². The molecule has 3 rings (SSSR count). The Hall–Kier alpha value is -1.67. The van der Waals surface area contributed by atoms with E-state index in [1.54, 1.807) is 29.2 Å². The number of ether oxygens (including phenoxy) is 2. The summed E-state index contributed by atoms with van der Waals surface area (Å²) in [7, 11) is 0. The quantitative estimate of drug-likeness (QED) is 0.825. The van der Waals surface area contributed by atoms with Gasteiger partial charge in [0, 0.05) is 37.4 Å². The van der Waals surface area contributed by atoms with Crippen LogP contribution in [0.5, 0.6) is 0 Å². The zero-order chi connectivity index (χ0) is 16.1. The summed E-state index contributed by atoms with van der Waals surface area (Å²) < 4.78 is 10.7. The van der Waals surface area contributed by atoms with Crippen LogP contribution in [0.4, 0.5) is 5.69 Å². The third-order valence-electron chi connectivity index (χ3n) is 3.90.